The number of fused-ring (bicyclic) bond motifs is 3. The summed E-state index contributed by atoms with van der Waals surface area (Å²) in [5, 5.41) is 19.4. The fourth-order valence-electron chi connectivity index (χ4n) is 5.45. The van der Waals surface area contributed by atoms with E-state index in [9.17, 15) is 10.5 Å². The Labute approximate surface area is 170 Å². The molecule has 0 spiro atoms. The third-order valence-corrected chi connectivity index (χ3v) is 7.40. The first-order valence-electron chi connectivity index (χ1n) is 11.2. The summed E-state index contributed by atoms with van der Waals surface area (Å²) in [6, 6.07) is 8.43. The number of ether oxygens (including phenoxy) is 1. The van der Waals surface area contributed by atoms with Gasteiger partial charge in [0.1, 0.15) is 23.5 Å². The Morgan fingerprint density at radius 3 is 2.07 bits per heavy atom. The van der Waals surface area contributed by atoms with Gasteiger partial charge in [-0.1, -0.05) is 39.2 Å². The van der Waals surface area contributed by atoms with E-state index in [0.29, 0.717) is 28.9 Å². The normalized spacial score (nSPS) is 25.9. The Balaban J connectivity index is 1.70. The molecule has 0 saturated heterocycles. The topological polar surface area (TPSA) is 56.8 Å². The molecule has 1 aromatic rings. The van der Waals surface area contributed by atoms with Gasteiger partial charge in [0.15, 0.2) is 0 Å². The Kier molecular flexibility index (Phi) is 6.66. The van der Waals surface area contributed by atoms with Gasteiger partial charge < -0.3 is 4.74 Å². The van der Waals surface area contributed by atoms with Gasteiger partial charge in [0.2, 0.25) is 0 Å². The van der Waals surface area contributed by atoms with Gasteiger partial charge in [0.25, 0.3) is 0 Å². The van der Waals surface area contributed by atoms with Crippen LogP contribution < -0.4 is 4.74 Å². The second-order valence-electron chi connectivity index (χ2n) is 9.19. The van der Waals surface area contributed by atoms with Crippen LogP contribution in [0.15, 0.2) is 12.1 Å². The van der Waals surface area contributed by atoms with Crippen LogP contribution in [-0.4, -0.2) is 6.61 Å². The number of unbranched alkanes of at least 4 members (excludes halogenated alkanes) is 2. The molecule has 3 nitrogen and oxygen atoms in total. The molecule has 0 atom stereocenters. The molecule has 0 N–H and O–H groups in total. The van der Waals surface area contributed by atoms with Crippen LogP contribution in [-0.2, 0) is 6.42 Å². The highest BCUT2D eigenvalue weighted by Crippen LogP contribution is 2.58. The lowest BCUT2D eigenvalue weighted by Crippen LogP contribution is -2.44. The summed E-state index contributed by atoms with van der Waals surface area (Å²) in [6.45, 7) is 5.16. The van der Waals surface area contributed by atoms with Crippen molar-refractivity contribution in [3.8, 4) is 17.9 Å². The molecule has 3 heteroatoms. The van der Waals surface area contributed by atoms with Gasteiger partial charge in [-0.3, -0.25) is 0 Å². The van der Waals surface area contributed by atoms with Crippen LogP contribution in [0, 0.1) is 33.5 Å². The quantitative estimate of drug-likeness (QED) is 0.450. The zero-order chi connectivity index (χ0) is 20.0. The van der Waals surface area contributed by atoms with E-state index in [4.69, 9.17) is 4.74 Å². The average molecular weight is 379 g/mol. The van der Waals surface area contributed by atoms with Crippen LogP contribution in [0.25, 0.3) is 0 Å². The molecule has 3 aliphatic rings. The number of nitrogens with zero attached hydrogens (tertiary/aromatic N) is 2. The minimum atomic E-state index is 0.273. The largest absolute Gasteiger partial charge is 0.492 e. The zero-order valence-electron chi connectivity index (χ0n) is 17.6. The maximum atomic E-state index is 9.70. The SMILES string of the molecule is CCCCCc1ccc(OCC23CCC(CCC)(CC2)CC3)c(C#N)c1C#N. The third kappa shape index (κ3) is 4.20. The second-order valence-corrected chi connectivity index (χ2v) is 9.19. The summed E-state index contributed by atoms with van der Waals surface area (Å²) < 4.78 is 6.23. The average Bonchev–Trinajstić information content (AvgIpc) is 2.74. The first kappa shape index (κ1) is 20.7. The van der Waals surface area contributed by atoms with Gasteiger partial charge >= 0.3 is 0 Å². The van der Waals surface area contributed by atoms with Crippen molar-refractivity contribution in [1.29, 1.82) is 10.5 Å². The number of benzene rings is 1. The summed E-state index contributed by atoms with van der Waals surface area (Å²) in [5.74, 6) is 0.601. The van der Waals surface area contributed by atoms with Crippen molar-refractivity contribution in [2.45, 2.75) is 90.9 Å². The smallest absolute Gasteiger partial charge is 0.138 e. The Morgan fingerprint density at radius 2 is 1.50 bits per heavy atom. The molecule has 2 bridgehead atoms. The number of hydrogen-bond donors (Lipinski definition) is 0. The maximum Gasteiger partial charge on any atom is 0.138 e. The molecule has 0 amide bonds. The molecule has 1 aromatic carbocycles. The van der Waals surface area contributed by atoms with Crippen molar-refractivity contribution in [3.63, 3.8) is 0 Å². The highest BCUT2D eigenvalue weighted by molar-refractivity contribution is 5.57. The van der Waals surface area contributed by atoms with Gasteiger partial charge in [-0.2, -0.15) is 10.5 Å². The van der Waals surface area contributed by atoms with E-state index >= 15 is 0 Å². The fraction of sp³-hybridized carbons (Fsp3) is 0.680. The van der Waals surface area contributed by atoms with Gasteiger partial charge in [-0.15, -0.1) is 0 Å². The first-order valence-corrected chi connectivity index (χ1v) is 11.2. The van der Waals surface area contributed by atoms with E-state index in [1.807, 2.05) is 12.1 Å². The Bertz CT molecular complexity index is 743. The Morgan fingerprint density at radius 1 is 0.857 bits per heavy atom. The van der Waals surface area contributed by atoms with Gasteiger partial charge in [0.05, 0.1) is 12.2 Å². The molecule has 0 heterocycles. The number of nitriles is 2. The summed E-state index contributed by atoms with van der Waals surface area (Å²) >= 11 is 0. The second kappa shape index (κ2) is 9.00. The van der Waals surface area contributed by atoms with Crippen LogP contribution in [0.2, 0.25) is 0 Å². The lowest BCUT2D eigenvalue weighted by Gasteiger charge is -2.53. The van der Waals surface area contributed by atoms with E-state index < -0.39 is 0 Å². The van der Waals surface area contributed by atoms with E-state index in [0.717, 1.165) is 31.2 Å². The predicted molar refractivity (Wildman–Crippen MR) is 112 cm³/mol. The third-order valence-electron chi connectivity index (χ3n) is 7.40. The minimum Gasteiger partial charge on any atom is -0.492 e. The zero-order valence-corrected chi connectivity index (χ0v) is 17.6. The van der Waals surface area contributed by atoms with Gasteiger partial charge in [0, 0.05) is 5.41 Å². The molecule has 4 rings (SSSR count). The molecule has 0 aliphatic heterocycles. The summed E-state index contributed by atoms with van der Waals surface area (Å²) in [4.78, 5) is 0. The molecule has 3 aliphatic carbocycles. The highest BCUT2D eigenvalue weighted by atomic mass is 16.5. The van der Waals surface area contributed by atoms with Crippen LogP contribution in [0.5, 0.6) is 5.75 Å². The minimum absolute atomic E-state index is 0.273. The lowest BCUT2D eigenvalue weighted by molar-refractivity contribution is -0.0402. The van der Waals surface area contributed by atoms with Crippen LogP contribution in [0.4, 0.5) is 0 Å². The predicted octanol–water partition coefficient (Wildman–Crippen LogP) is 6.68. The summed E-state index contributed by atoms with van der Waals surface area (Å²) in [6.07, 6.45) is 14.6. The number of aryl methyl sites for hydroxylation is 1. The van der Waals surface area contributed by atoms with E-state index in [1.165, 1.54) is 51.4 Å². The molecular formula is C25H34N2O. The van der Waals surface area contributed by atoms with Crippen LogP contribution in [0.1, 0.15) is 101 Å². The first-order chi connectivity index (χ1) is 13.6. The van der Waals surface area contributed by atoms with Crippen molar-refractivity contribution < 1.29 is 4.74 Å². The van der Waals surface area contributed by atoms with E-state index in [2.05, 4.69) is 26.0 Å². The summed E-state index contributed by atoms with van der Waals surface area (Å²) in [7, 11) is 0. The standard InChI is InChI=1S/C25H34N2O/c1-3-5-6-7-20-8-9-23(22(18-27)21(20)17-26)28-19-25-14-11-24(10-4-2,12-15-25)13-16-25/h8-9H,3-7,10-16,19H2,1-2H3. The monoisotopic (exact) mass is 378 g/mol. The molecule has 0 aromatic heterocycles. The van der Waals surface area contributed by atoms with Crippen molar-refractivity contribution in [1.82, 2.24) is 0 Å². The Hall–Kier alpha value is -2.00. The molecule has 3 fully saturated rings. The van der Waals surface area contributed by atoms with Crippen molar-refractivity contribution >= 4 is 0 Å². The molecular weight excluding hydrogens is 344 g/mol. The van der Waals surface area contributed by atoms with E-state index in [-0.39, 0.29) is 5.41 Å². The lowest BCUT2D eigenvalue weighted by atomic mass is 9.53. The molecule has 0 unspecified atom stereocenters. The van der Waals surface area contributed by atoms with Crippen LogP contribution >= 0.6 is 0 Å². The molecule has 28 heavy (non-hydrogen) atoms. The molecule has 0 radical (unpaired) electrons. The van der Waals surface area contributed by atoms with Crippen molar-refractivity contribution in [2.75, 3.05) is 6.61 Å². The fourth-order valence-corrected chi connectivity index (χ4v) is 5.45. The number of hydrogen-bond acceptors (Lipinski definition) is 3. The number of rotatable bonds is 9. The highest BCUT2D eigenvalue weighted by Gasteiger charge is 2.48. The van der Waals surface area contributed by atoms with E-state index in [1.54, 1.807) is 0 Å². The van der Waals surface area contributed by atoms with Gasteiger partial charge in [-0.05, 0) is 74.8 Å². The van der Waals surface area contributed by atoms with Gasteiger partial charge in [-0.25, -0.2) is 0 Å². The summed E-state index contributed by atoms with van der Waals surface area (Å²) in [5.41, 5.74) is 2.80. The van der Waals surface area contributed by atoms with Crippen molar-refractivity contribution in [3.05, 3.63) is 28.8 Å². The van der Waals surface area contributed by atoms with Crippen molar-refractivity contribution in [2.24, 2.45) is 10.8 Å². The molecule has 150 valence electrons. The maximum absolute atomic E-state index is 9.70. The molecule has 3 saturated carbocycles. The van der Waals surface area contributed by atoms with Crippen LogP contribution in [0.3, 0.4) is 0 Å².